The summed E-state index contributed by atoms with van der Waals surface area (Å²) in [7, 11) is 0. The first-order valence-corrected chi connectivity index (χ1v) is 9.98. The Kier molecular flexibility index (Phi) is 4.49. The zero-order valence-electron chi connectivity index (χ0n) is 16.2. The lowest BCUT2D eigenvalue weighted by molar-refractivity contribution is 0.442. The SMILES string of the molecule is Cc1ccc(-n2c(-c3ccc(Cl)cc3)nc(/C=C3\C=Nc4ccccc43)c2O)cc1. The monoisotopic (exact) mass is 411 g/mol. The van der Waals surface area contributed by atoms with E-state index in [1.165, 1.54) is 0 Å². The Morgan fingerprint density at radius 3 is 2.43 bits per heavy atom. The van der Waals surface area contributed by atoms with Crippen molar-refractivity contribution < 1.29 is 5.11 Å². The molecule has 0 spiro atoms. The minimum absolute atomic E-state index is 0.0779. The number of imidazole rings is 1. The molecule has 1 aliphatic heterocycles. The van der Waals surface area contributed by atoms with Crippen molar-refractivity contribution >= 4 is 35.2 Å². The number of aryl methyl sites for hydroxylation is 1. The van der Waals surface area contributed by atoms with Gasteiger partial charge in [0.15, 0.2) is 0 Å². The van der Waals surface area contributed by atoms with Crippen LogP contribution in [-0.2, 0) is 0 Å². The molecule has 5 heteroatoms. The van der Waals surface area contributed by atoms with Crippen molar-refractivity contribution in [2.24, 2.45) is 4.99 Å². The Hall–Kier alpha value is -3.63. The van der Waals surface area contributed by atoms with Crippen LogP contribution < -0.4 is 0 Å². The number of halogens is 1. The largest absolute Gasteiger partial charge is 0.493 e. The number of para-hydroxylation sites is 1. The standard InChI is InChI=1S/C25H18ClN3O/c1-16-6-12-20(13-7-16)29-24(17-8-10-19(26)11-9-17)28-23(25(29)30)14-18-15-27-22-5-3-2-4-21(18)22/h2-15,30H,1H3/b18-14+. The highest BCUT2D eigenvalue weighted by Crippen LogP contribution is 2.36. The molecule has 30 heavy (non-hydrogen) atoms. The average Bonchev–Trinajstić information content (AvgIpc) is 3.31. The summed E-state index contributed by atoms with van der Waals surface area (Å²) in [5, 5.41) is 11.8. The lowest BCUT2D eigenvalue weighted by atomic mass is 10.1. The van der Waals surface area contributed by atoms with Gasteiger partial charge in [-0.05, 0) is 55.5 Å². The van der Waals surface area contributed by atoms with Crippen molar-refractivity contribution in [3.8, 4) is 23.0 Å². The topological polar surface area (TPSA) is 50.4 Å². The van der Waals surface area contributed by atoms with Crippen LogP contribution in [0.1, 0.15) is 16.8 Å². The number of aromatic hydroxyl groups is 1. The third-order valence-electron chi connectivity index (χ3n) is 5.12. The van der Waals surface area contributed by atoms with Gasteiger partial charge in [-0.15, -0.1) is 0 Å². The molecule has 5 rings (SSSR count). The molecule has 4 nitrogen and oxygen atoms in total. The summed E-state index contributed by atoms with van der Waals surface area (Å²) in [6.45, 7) is 2.03. The molecular formula is C25H18ClN3O. The van der Waals surface area contributed by atoms with Gasteiger partial charge in [0.05, 0.1) is 11.4 Å². The van der Waals surface area contributed by atoms with Gasteiger partial charge in [0.25, 0.3) is 0 Å². The minimum Gasteiger partial charge on any atom is -0.493 e. The summed E-state index contributed by atoms with van der Waals surface area (Å²) in [4.78, 5) is 9.22. The quantitative estimate of drug-likeness (QED) is 0.420. The van der Waals surface area contributed by atoms with Crippen LogP contribution in [0.5, 0.6) is 5.88 Å². The van der Waals surface area contributed by atoms with Crippen LogP contribution in [0.15, 0.2) is 77.8 Å². The van der Waals surface area contributed by atoms with Crippen LogP contribution >= 0.6 is 11.6 Å². The maximum absolute atomic E-state index is 11.1. The van der Waals surface area contributed by atoms with Gasteiger partial charge >= 0.3 is 0 Å². The highest BCUT2D eigenvalue weighted by molar-refractivity contribution is 6.30. The molecule has 0 radical (unpaired) electrons. The third kappa shape index (κ3) is 3.21. The smallest absolute Gasteiger partial charge is 0.224 e. The predicted octanol–water partition coefficient (Wildman–Crippen LogP) is 6.46. The molecule has 0 atom stereocenters. The molecule has 0 unspecified atom stereocenters. The number of hydrogen-bond donors (Lipinski definition) is 1. The number of allylic oxidation sites excluding steroid dienone is 1. The Balaban J connectivity index is 1.69. The Morgan fingerprint density at radius 1 is 0.933 bits per heavy atom. The molecule has 1 aliphatic rings. The highest BCUT2D eigenvalue weighted by Gasteiger charge is 2.20. The van der Waals surface area contributed by atoms with Crippen molar-refractivity contribution in [3.05, 3.63) is 94.6 Å². The molecule has 146 valence electrons. The number of aromatic nitrogens is 2. The van der Waals surface area contributed by atoms with Gasteiger partial charge in [-0.25, -0.2) is 4.98 Å². The summed E-state index contributed by atoms with van der Waals surface area (Å²) in [5.74, 6) is 0.720. The maximum atomic E-state index is 11.1. The second-order valence-corrected chi connectivity index (χ2v) is 7.63. The first-order valence-electron chi connectivity index (χ1n) is 9.60. The van der Waals surface area contributed by atoms with Crippen molar-refractivity contribution in [2.75, 3.05) is 0 Å². The summed E-state index contributed by atoms with van der Waals surface area (Å²) >= 11 is 6.07. The molecule has 2 heterocycles. The van der Waals surface area contributed by atoms with E-state index in [-0.39, 0.29) is 5.88 Å². The fourth-order valence-corrected chi connectivity index (χ4v) is 3.68. The van der Waals surface area contributed by atoms with Crippen LogP contribution in [-0.4, -0.2) is 20.9 Å². The van der Waals surface area contributed by atoms with Crippen molar-refractivity contribution in [3.63, 3.8) is 0 Å². The number of nitrogens with zero attached hydrogens (tertiary/aromatic N) is 3. The van der Waals surface area contributed by atoms with Gasteiger partial charge in [-0.3, -0.25) is 9.56 Å². The van der Waals surface area contributed by atoms with E-state index in [9.17, 15) is 5.11 Å². The zero-order chi connectivity index (χ0) is 20.7. The van der Waals surface area contributed by atoms with Crippen molar-refractivity contribution in [1.82, 2.24) is 9.55 Å². The fraction of sp³-hybridized carbons (Fsp3) is 0.0400. The van der Waals surface area contributed by atoms with E-state index >= 15 is 0 Å². The van der Waals surface area contributed by atoms with Gasteiger partial charge in [-0.1, -0.05) is 47.5 Å². The van der Waals surface area contributed by atoms with Crippen molar-refractivity contribution in [1.29, 1.82) is 0 Å². The first-order chi connectivity index (χ1) is 14.6. The van der Waals surface area contributed by atoms with Gasteiger partial charge in [0.1, 0.15) is 11.5 Å². The number of aliphatic imine (C=N–C) groups is 1. The van der Waals surface area contributed by atoms with E-state index in [4.69, 9.17) is 16.6 Å². The van der Waals surface area contributed by atoms with Crippen molar-refractivity contribution in [2.45, 2.75) is 6.92 Å². The molecule has 0 aliphatic carbocycles. The van der Waals surface area contributed by atoms with E-state index in [1.54, 1.807) is 10.8 Å². The predicted molar refractivity (Wildman–Crippen MR) is 123 cm³/mol. The summed E-state index contributed by atoms with van der Waals surface area (Å²) in [6.07, 6.45) is 3.67. The van der Waals surface area contributed by atoms with Crippen LogP contribution in [0.4, 0.5) is 5.69 Å². The lowest BCUT2D eigenvalue weighted by Crippen LogP contribution is -1.97. The molecule has 4 aromatic rings. The van der Waals surface area contributed by atoms with Crippen LogP contribution in [0, 0.1) is 6.92 Å². The van der Waals surface area contributed by atoms with Gasteiger partial charge in [0.2, 0.25) is 5.88 Å². The minimum atomic E-state index is 0.0779. The summed E-state index contributed by atoms with van der Waals surface area (Å²) < 4.78 is 1.76. The molecule has 0 saturated heterocycles. The Morgan fingerprint density at radius 2 is 1.67 bits per heavy atom. The van der Waals surface area contributed by atoms with E-state index in [2.05, 4.69) is 4.99 Å². The Labute approximate surface area is 179 Å². The van der Waals surface area contributed by atoms with E-state index in [0.29, 0.717) is 16.5 Å². The fourth-order valence-electron chi connectivity index (χ4n) is 3.56. The average molecular weight is 412 g/mol. The van der Waals surface area contributed by atoms with Gasteiger partial charge < -0.3 is 5.11 Å². The molecule has 0 bridgehead atoms. The maximum Gasteiger partial charge on any atom is 0.224 e. The lowest BCUT2D eigenvalue weighted by Gasteiger charge is -2.09. The Bertz CT molecular complexity index is 1300. The van der Waals surface area contributed by atoms with Crippen LogP contribution in [0.3, 0.4) is 0 Å². The van der Waals surface area contributed by atoms with Crippen LogP contribution in [0.25, 0.3) is 28.7 Å². The van der Waals surface area contributed by atoms with E-state index < -0.39 is 0 Å². The van der Waals surface area contributed by atoms with Gasteiger partial charge in [-0.2, -0.15) is 0 Å². The molecular weight excluding hydrogens is 394 g/mol. The third-order valence-corrected chi connectivity index (χ3v) is 5.38. The number of hydrogen-bond acceptors (Lipinski definition) is 3. The molecule has 1 aromatic heterocycles. The van der Waals surface area contributed by atoms with E-state index in [1.807, 2.05) is 85.8 Å². The second-order valence-electron chi connectivity index (χ2n) is 7.20. The number of benzene rings is 3. The molecule has 0 saturated carbocycles. The molecule has 0 fully saturated rings. The first kappa shape index (κ1) is 18.4. The zero-order valence-corrected chi connectivity index (χ0v) is 17.0. The molecule has 3 aromatic carbocycles. The number of rotatable bonds is 3. The van der Waals surface area contributed by atoms with Gasteiger partial charge in [0, 0.05) is 27.9 Å². The summed E-state index contributed by atoms with van der Waals surface area (Å²) in [5.41, 5.74) is 6.18. The normalized spacial score (nSPS) is 13.7. The highest BCUT2D eigenvalue weighted by atomic mass is 35.5. The molecule has 0 amide bonds. The number of fused-ring (bicyclic) bond motifs is 1. The summed E-state index contributed by atoms with van der Waals surface area (Å²) in [6, 6.07) is 23.3. The van der Waals surface area contributed by atoms with Crippen LogP contribution in [0.2, 0.25) is 5.02 Å². The molecule has 1 N–H and O–H groups in total. The second kappa shape index (κ2) is 7.32. The van der Waals surface area contributed by atoms with E-state index in [0.717, 1.165) is 33.6 Å².